The molecule has 5 heteroatoms. The molecule has 22 heavy (non-hydrogen) atoms. The van der Waals surface area contributed by atoms with Crippen molar-refractivity contribution in [3.8, 4) is 5.75 Å². The topological polar surface area (TPSA) is 50.4 Å². The highest BCUT2D eigenvalue weighted by atomic mass is 79.9. The molecule has 0 saturated heterocycles. The Bertz CT molecular complexity index is 644. The van der Waals surface area contributed by atoms with Gasteiger partial charge in [-0.1, -0.05) is 34.1 Å². The number of ether oxygens (including phenoxy) is 1. The number of amides is 1. The van der Waals surface area contributed by atoms with Gasteiger partial charge in [0, 0.05) is 10.2 Å². The number of rotatable bonds is 6. The van der Waals surface area contributed by atoms with Gasteiger partial charge in [-0.05, 0) is 44.2 Å². The Morgan fingerprint density at radius 1 is 1.18 bits per heavy atom. The number of hydrogen-bond acceptors (Lipinski definition) is 3. The van der Waals surface area contributed by atoms with Crippen molar-refractivity contribution < 1.29 is 9.53 Å². The van der Waals surface area contributed by atoms with E-state index in [2.05, 4.69) is 26.6 Å². The lowest BCUT2D eigenvalue weighted by Gasteiger charge is -2.15. The minimum atomic E-state index is -0.113. The highest BCUT2D eigenvalue weighted by Crippen LogP contribution is 2.24. The van der Waals surface area contributed by atoms with E-state index in [0.29, 0.717) is 0 Å². The van der Waals surface area contributed by atoms with Crippen LogP contribution in [-0.4, -0.2) is 18.6 Å². The quantitative estimate of drug-likeness (QED) is 0.805. The van der Waals surface area contributed by atoms with Gasteiger partial charge in [-0.25, -0.2) is 0 Å². The molecule has 0 aromatic heterocycles. The zero-order valence-electron chi connectivity index (χ0n) is 12.6. The molecule has 4 nitrogen and oxygen atoms in total. The molecule has 0 aliphatic heterocycles. The van der Waals surface area contributed by atoms with E-state index in [1.165, 1.54) is 0 Å². The molecule has 0 saturated carbocycles. The molecule has 0 aliphatic rings. The third-order valence-electron chi connectivity index (χ3n) is 2.80. The number of benzene rings is 2. The number of anilines is 2. The average molecular weight is 363 g/mol. The third-order valence-corrected chi connectivity index (χ3v) is 3.29. The molecule has 1 amide bonds. The van der Waals surface area contributed by atoms with E-state index in [-0.39, 0.29) is 18.6 Å². The Balaban J connectivity index is 1.94. The summed E-state index contributed by atoms with van der Waals surface area (Å²) in [5, 5.41) is 5.95. The van der Waals surface area contributed by atoms with Crippen molar-refractivity contribution in [1.29, 1.82) is 0 Å². The predicted molar refractivity (Wildman–Crippen MR) is 93.5 cm³/mol. The Morgan fingerprint density at radius 3 is 2.68 bits per heavy atom. The SMILES string of the molecule is CC(C)Oc1ccccc1NCC(=O)Nc1cccc(Br)c1. The minimum Gasteiger partial charge on any atom is -0.489 e. The van der Waals surface area contributed by atoms with Crippen LogP contribution in [0.3, 0.4) is 0 Å². The van der Waals surface area contributed by atoms with Gasteiger partial charge in [0.05, 0.1) is 18.3 Å². The van der Waals surface area contributed by atoms with Gasteiger partial charge in [-0.2, -0.15) is 0 Å². The van der Waals surface area contributed by atoms with Crippen LogP contribution in [0.2, 0.25) is 0 Å². The molecule has 0 unspecified atom stereocenters. The van der Waals surface area contributed by atoms with Gasteiger partial charge in [0.15, 0.2) is 0 Å². The Kier molecular flexibility index (Phi) is 5.83. The number of halogens is 1. The Morgan fingerprint density at radius 2 is 1.95 bits per heavy atom. The highest BCUT2D eigenvalue weighted by Gasteiger charge is 2.07. The second kappa shape index (κ2) is 7.84. The fourth-order valence-electron chi connectivity index (χ4n) is 1.92. The van der Waals surface area contributed by atoms with E-state index < -0.39 is 0 Å². The van der Waals surface area contributed by atoms with Gasteiger partial charge in [0.1, 0.15) is 5.75 Å². The molecular weight excluding hydrogens is 344 g/mol. The zero-order chi connectivity index (χ0) is 15.9. The number of carbonyl (C=O) groups is 1. The van der Waals surface area contributed by atoms with Crippen LogP contribution in [0.1, 0.15) is 13.8 Å². The van der Waals surface area contributed by atoms with Crippen molar-refractivity contribution in [3.63, 3.8) is 0 Å². The lowest BCUT2D eigenvalue weighted by molar-refractivity contribution is -0.114. The predicted octanol–water partition coefficient (Wildman–Crippen LogP) is 4.29. The van der Waals surface area contributed by atoms with Crippen LogP contribution in [0.4, 0.5) is 11.4 Å². The lowest BCUT2D eigenvalue weighted by Crippen LogP contribution is -2.22. The van der Waals surface area contributed by atoms with E-state index in [0.717, 1.165) is 21.6 Å². The maximum atomic E-state index is 12.0. The molecular formula is C17H19BrN2O2. The first-order valence-electron chi connectivity index (χ1n) is 7.09. The first-order chi connectivity index (χ1) is 10.5. The molecule has 2 rings (SSSR count). The van der Waals surface area contributed by atoms with Crippen molar-refractivity contribution in [1.82, 2.24) is 0 Å². The number of nitrogens with one attached hydrogen (secondary N) is 2. The average Bonchev–Trinajstić information content (AvgIpc) is 2.46. The maximum absolute atomic E-state index is 12.0. The Labute approximate surface area is 139 Å². The second-order valence-electron chi connectivity index (χ2n) is 5.07. The summed E-state index contributed by atoms with van der Waals surface area (Å²) in [5.74, 6) is 0.630. The van der Waals surface area contributed by atoms with Crippen molar-refractivity contribution in [3.05, 3.63) is 53.0 Å². The van der Waals surface area contributed by atoms with Crippen molar-refractivity contribution >= 4 is 33.2 Å². The van der Waals surface area contributed by atoms with Crippen LogP contribution in [0, 0.1) is 0 Å². The lowest BCUT2D eigenvalue weighted by atomic mass is 10.3. The maximum Gasteiger partial charge on any atom is 0.243 e. The largest absolute Gasteiger partial charge is 0.489 e. The summed E-state index contributed by atoms with van der Waals surface area (Å²) in [6.07, 6.45) is 0.0819. The normalized spacial score (nSPS) is 10.4. The summed E-state index contributed by atoms with van der Waals surface area (Å²) in [5.41, 5.74) is 1.56. The summed E-state index contributed by atoms with van der Waals surface area (Å²) in [6, 6.07) is 15.1. The van der Waals surface area contributed by atoms with E-state index >= 15 is 0 Å². The monoisotopic (exact) mass is 362 g/mol. The first kappa shape index (κ1) is 16.4. The van der Waals surface area contributed by atoms with Crippen molar-refractivity contribution in [2.75, 3.05) is 17.2 Å². The fourth-order valence-corrected chi connectivity index (χ4v) is 2.32. The fraction of sp³-hybridized carbons (Fsp3) is 0.235. The van der Waals surface area contributed by atoms with E-state index in [9.17, 15) is 4.79 Å². The number of para-hydroxylation sites is 2. The van der Waals surface area contributed by atoms with Crippen molar-refractivity contribution in [2.45, 2.75) is 20.0 Å². The van der Waals surface area contributed by atoms with Crippen LogP contribution < -0.4 is 15.4 Å². The smallest absolute Gasteiger partial charge is 0.243 e. The molecule has 2 aromatic rings. The van der Waals surface area contributed by atoms with Gasteiger partial charge in [-0.15, -0.1) is 0 Å². The molecule has 0 aliphatic carbocycles. The highest BCUT2D eigenvalue weighted by molar-refractivity contribution is 9.10. The van der Waals surface area contributed by atoms with Crippen LogP contribution >= 0.6 is 15.9 Å². The van der Waals surface area contributed by atoms with E-state index in [1.807, 2.05) is 62.4 Å². The number of carbonyl (C=O) groups excluding carboxylic acids is 1. The summed E-state index contributed by atoms with van der Waals surface area (Å²) >= 11 is 3.38. The summed E-state index contributed by atoms with van der Waals surface area (Å²) in [6.45, 7) is 4.11. The van der Waals surface area contributed by atoms with Crippen molar-refractivity contribution in [2.24, 2.45) is 0 Å². The van der Waals surface area contributed by atoms with Gasteiger partial charge in [0.2, 0.25) is 5.91 Å². The van der Waals surface area contributed by atoms with Gasteiger partial charge in [-0.3, -0.25) is 4.79 Å². The molecule has 0 fully saturated rings. The summed E-state index contributed by atoms with van der Waals surface area (Å²) in [7, 11) is 0. The molecule has 0 heterocycles. The molecule has 116 valence electrons. The third kappa shape index (κ3) is 5.07. The summed E-state index contributed by atoms with van der Waals surface area (Å²) in [4.78, 5) is 12.0. The minimum absolute atomic E-state index is 0.0819. The van der Waals surface area contributed by atoms with Crippen LogP contribution in [0.5, 0.6) is 5.75 Å². The van der Waals surface area contributed by atoms with E-state index in [1.54, 1.807) is 0 Å². The zero-order valence-corrected chi connectivity index (χ0v) is 14.2. The molecule has 0 atom stereocenters. The molecule has 2 aromatic carbocycles. The van der Waals surface area contributed by atoms with Crippen LogP contribution in [0.25, 0.3) is 0 Å². The first-order valence-corrected chi connectivity index (χ1v) is 7.89. The van der Waals surface area contributed by atoms with Gasteiger partial charge in [0.25, 0.3) is 0 Å². The second-order valence-corrected chi connectivity index (χ2v) is 5.99. The standard InChI is InChI=1S/C17H19BrN2O2/c1-12(2)22-16-9-4-3-8-15(16)19-11-17(21)20-14-7-5-6-13(18)10-14/h3-10,12,19H,11H2,1-2H3,(H,20,21). The molecule has 0 bridgehead atoms. The Hall–Kier alpha value is -2.01. The molecule has 2 N–H and O–H groups in total. The van der Waals surface area contributed by atoms with Gasteiger partial charge >= 0.3 is 0 Å². The van der Waals surface area contributed by atoms with Crippen LogP contribution in [-0.2, 0) is 4.79 Å². The van der Waals surface area contributed by atoms with E-state index in [4.69, 9.17) is 4.74 Å². The molecule has 0 spiro atoms. The van der Waals surface area contributed by atoms with Gasteiger partial charge < -0.3 is 15.4 Å². The summed E-state index contributed by atoms with van der Waals surface area (Å²) < 4.78 is 6.64. The van der Waals surface area contributed by atoms with Crippen LogP contribution in [0.15, 0.2) is 53.0 Å². The molecule has 0 radical (unpaired) electrons. The number of hydrogen-bond donors (Lipinski definition) is 2.